The second-order valence-electron chi connectivity index (χ2n) is 4.74. The van der Waals surface area contributed by atoms with Gasteiger partial charge in [0.2, 0.25) is 5.91 Å². The summed E-state index contributed by atoms with van der Waals surface area (Å²) in [5.41, 5.74) is 1.29. The number of carbonyl (C=O) groups excluding carboxylic acids is 1. The molecule has 0 saturated heterocycles. The average Bonchev–Trinajstić information content (AvgIpc) is 3.20. The van der Waals surface area contributed by atoms with Gasteiger partial charge in [0.05, 0.1) is 10.6 Å². The van der Waals surface area contributed by atoms with Crippen LogP contribution in [0.25, 0.3) is 11.3 Å². The molecular weight excluding hydrogens is 260 g/mol. The molecule has 7 heteroatoms. The van der Waals surface area contributed by atoms with Crippen LogP contribution in [0.5, 0.6) is 0 Å². The highest BCUT2D eigenvalue weighted by atomic mass is 16.6. The Labute approximate surface area is 114 Å². The van der Waals surface area contributed by atoms with Crippen LogP contribution in [0.1, 0.15) is 12.8 Å². The van der Waals surface area contributed by atoms with Crippen LogP contribution < -0.4 is 5.32 Å². The largest absolute Gasteiger partial charge is 0.309 e. The molecule has 2 aromatic rings. The lowest BCUT2D eigenvalue weighted by atomic mass is 10.1. The summed E-state index contributed by atoms with van der Waals surface area (Å²) in [4.78, 5) is 21.9. The molecule has 1 aliphatic rings. The third kappa shape index (κ3) is 2.51. The van der Waals surface area contributed by atoms with Crippen molar-refractivity contribution in [3.05, 3.63) is 40.4 Å². The predicted octanol–water partition coefficient (Wildman–Crippen LogP) is 2.33. The normalized spacial score (nSPS) is 14.0. The maximum Gasteiger partial charge on any atom is 0.270 e. The Bertz CT molecular complexity index is 676. The Morgan fingerprint density at radius 3 is 2.90 bits per heavy atom. The van der Waals surface area contributed by atoms with Gasteiger partial charge in [0.1, 0.15) is 0 Å². The molecule has 0 radical (unpaired) electrons. The van der Waals surface area contributed by atoms with Gasteiger partial charge in [0, 0.05) is 29.7 Å². The van der Waals surface area contributed by atoms with Crippen molar-refractivity contribution in [2.24, 2.45) is 5.92 Å². The Morgan fingerprint density at radius 2 is 2.20 bits per heavy atom. The zero-order valence-corrected chi connectivity index (χ0v) is 10.5. The van der Waals surface area contributed by atoms with Gasteiger partial charge in [0.25, 0.3) is 5.69 Å². The van der Waals surface area contributed by atoms with Crippen LogP contribution in [0.2, 0.25) is 0 Å². The highest BCUT2D eigenvalue weighted by Gasteiger charge is 2.30. The summed E-state index contributed by atoms with van der Waals surface area (Å²) in [6, 6.07) is 7.90. The standard InChI is InChI=1S/C13H12N4O3/c18-13(8-4-5-8)14-12-7-11(15-16-12)9-2-1-3-10(6-9)17(19)20/h1-3,6-8H,4-5H2,(H2,14,15,16,18). The van der Waals surface area contributed by atoms with E-state index in [-0.39, 0.29) is 17.5 Å². The van der Waals surface area contributed by atoms with Crippen molar-refractivity contribution < 1.29 is 9.72 Å². The number of nitro benzene ring substituents is 1. The third-order valence-electron chi connectivity index (χ3n) is 3.15. The van der Waals surface area contributed by atoms with Gasteiger partial charge >= 0.3 is 0 Å². The molecule has 0 aliphatic heterocycles. The Kier molecular flexibility index (Phi) is 2.94. The molecule has 0 unspecified atom stereocenters. The van der Waals surface area contributed by atoms with Gasteiger partial charge in [-0.1, -0.05) is 12.1 Å². The van der Waals surface area contributed by atoms with E-state index in [9.17, 15) is 14.9 Å². The maximum absolute atomic E-state index is 11.6. The highest BCUT2D eigenvalue weighted by molar-refractivity contribution is 5.93. The van der Waals surface area contributed by atoms with Gasteiger partial charge in [-0.05, 0) is 12.8 Å². The van der Waals surface area contributed by atoms with E-state index in [4.69, 9.17) is 0 Å². The van der Waals surface area contributed by atoms with Crippen molar-refractivity contribution >= 4 is 17.4 Å². The van der Waals surface area contributed by atoms with E-state index < -0.39 is 4.92 Å². The van der Waals surface area contributed by atoms with Crippen LogP contribution >= 0.6 is 0 Å². The summed E-state index contributed by atoms with van der Waals surface area (Å²) in [7, 11) is 0. The smallest absolute Gasteiger partial charge is 0.270 e. The summed E-state index contributed by atoms with van der Waals surface area (Å²) in [6.45, 7) is 0. The number of benzene rings is 1. The van der Waals surface area contributed by atoms with E-state index in [0.29, 0.717) is 17.1 Å². The molecule has 1 saturated carbocycles. The number of carbonyl (C=O) groups is 1. The zero-order chi connectivity index (χ0) is 14.1. The highest BCUT2D eigenvalue weighted by Crippen LogP contribution is 2.30. The first-order valence-electron chi connectivity index (χ1n) is 6.24. The van der Waals surface area contributed by atoms with Crippen molar-refractivity contribution in [2.75, 3.05) is 5.32 Å². The lowest BCUT2D eigenvalue weighted by Gasteiger charge is -1.98. The van der Waals surface area contributed by atoms with Gasteiger partial charge in [-0.25, -0.2) is 0 Å². The summed E-state index contributed by atoms with van der Waals surface area (Å²) < 4.78 is 0. The Hall–Kier alpha value is -2.70. The second kappa shape index (κ2) is 4.76. The van der Waals surface area contributed by atoms with Crippen LogP contribution in [0, 0.1) is 16.0 Å². The van der Waals surface area contributed by atoms with Crippen LogP contribution in [0.15, 0.2) is 30.3 Å². The molecule has 1 aromatic carbocycles. The molecule has 0 bridgehead atoms. The van der Waals surface area contributed by atoms with Gasteiger partial charge in [0.15, 0.2) is 5.82 Å². The number of anilines is 1. The van der Waals surface area contributed by atoms with Crippen molar-refractivity contribution in [3.63, 3.8) is 0 Å². The molecule has 1 aliphatic carbocycles. The lowest BCUT2D eigenvalue weighted by Crippen LogP contribution is -2.13. The number of nitrogens with one attached hydrogen (secondary N) is 2. The summed E-state index contributed by atoms with van der Waals surface area (Å²) in [5.74, 6) is 0.512. The number of rotatable bonds is 4. The van der Waals surface area contributed by atoms with Crippen LogP contribution in [0.4, 0.5) is 11.5 Å². The Balaban J connectivity index is 1.80. The van der Waals surface area contributed by atoms with E-state index in [1.54, 1.807) is 18.2 Å². The Morgan fingerprint density at radius 1 is 1.40 bits per heavy atom. The third-order valence-corrected chi connectivity index (χ3v) is 3.15. The number of hydrogen-bond acceptors (Lipinski definition) is 4. The second-order valence-corrected chi connectivity index (χ2v) is 4.74. The molecule has 20 heavy (non-hydrogen) atoms. The fourth-order valence-electron chi connectivity index (χ4n) is 1.89. The van der Waals surface area contributed by atoms with Gasteiger partial charge in [-0.15, -0.1) is 0 Å². The fraction of sp³-hybridized carbons (Fsp3) is 0.231. The van der Waals surface area contributed by atoms with Crippen molar-refractivity contribution in [3.8, 4) is 11.3 Å². The molecule has 1 heterocycles. The molecule has 7 nitrogen and oxygen atoms in total. The van der Waals surface area contributed by atoms with Gasteiger partial charge < -0.3 is 5.32 Å². The topological polar surface area (TPSA) is 101 Å². The van der Waals surface area contributed by atoms with E-state index in [1.165, 1.54) is 12.1 Å². The molecule has 1 aromatic heterocycles. The average molecular weight is 272 g/mol. The monoisotopic (exact) mass is 272 g/mol. The van der Waals surface area contributed by atoms with Gasteiger partial charge in [-0.3, -0.25) is 20.0 Å². The zero-order valence-electron chi connectivity index (χ0n) is 10.5. The fourth-order valence-corrected chi connectivity index (χ4v) is 1.89. The van der Waals surface area contributed by atoms with Crippen LogP contribution in [-0.2, 0) is 4.79 Å². The summed E-state index contributed by atoms with van der Waals surface area (Å²) in [5, 5.41) is 20.2. The number of non-ortho nitro benzene ring substituents is 1. The van der Waals surface area contributed by atoms with Crippen LogP contribution in [-0.4, -0.2) is 21.0 Å². The molecule has 3 rings (SSSR count). The molecule has 0 spiro atoms. The molecule has 1 fully saturated rings. The number of aromatic amines is 1. The SMILES string of the molecule is O=C(Nc1cc(-c2cccc([N+](=O)[O-])c2)[nH]n1)C1CC1. The molecule has 2 N–H and O–H groups in total. The van der Waals surface area contributed by atoms with E-state index in [1.807, 2.05) is 0 Å². The first-order valence-corrected chi connectivity index (χ1v) is 6.24. The van der Waals surface area contributed by atoms with Crippen LogP contribution in [0.3, 0.4) is 0 Å². The van der Waals surface area contributed by atoms with E-state index in [2.05, 4.69) is 15.5 Å². The number of nitro groups is 1. The molecule has 102 valence electrons. The lowest BCUT2D eigenvalue weighted by molar-refractivity contribution is -0.384. The summed E-state index contributed by atoms with van der Waals surface area (Å²) >= 11 is 0. The molecule has 0 atom stereocenters. The van der Waals surface area contributed by atoms with E-state index >= 15 is 0 Å². The van der Waals surface area contributed by atoms with E-state index in [0.717, 1.165) is 12.8 Å². The van der Waals surface area contributed by atoms with Gasteiger partial charge in [-0.2, -0.15) is 5.10 Å². The number of aromatic nitrogens is 2. The number of nitrogens with zero attached hydrogens (tertiary/aromatic N) is 2. The minimum atomic E-state index is -0.449. The number of H-pyrrole nitrogens is 1. The maximum atomic E-state index is 11.6. The first kappa shape index (κ1) is 12.3. The van der Waals surface area contributed by atoms with Crippen molar-refractivity contribution in [1.82, 2.24) is 10.2 Å². The predicted molar refractivity (Wildman–Crippen MR) is 72.0 cm³/mol. The minimum Gasteiger partial charge on any atom is -0.309 e. The number of amides is 1. The first-order chi connectivity index (χ1) is 9.63. The molecular formula is C13H12N4O3. The number of hydrogen-bond donors (Lipinski definition) is 2. The van der Waals surface area contributed by atoms with Crippen molar-refractivity contribution in [2.45, 2.75) is 12.8 Å². The summed E-state index contributed by atoms with van der Waals surface area (Å²) in [6.07, 6.45) is 1.85. The van der Waals surface area contributed by atoms with Crippen molar-refractivity contribution in [1.29, 1.82) is 0 Å². The quantitative estimate of drug-likeness (QED) is 0.658. The minimum absolute atomic E-state index is 0.0145. The molecule has 1 amide bonds.